The highest BCUT2D eigenvalue weighted by atomic mass is 19.2. The van der Waals surface area contributed by atoms with Gasteiger partial charge >= 0.3 is 12.0 Å². The van der Waals surface area contributed by atoms with Crippen molar-refractivity contribution >= 4 is 17.7 Å². The maximum Gasteiger partial charge on any atom is 0.325 e. The van der Waals surface area contributed by atoms with Crippen molar-refractivity contribution in [2.24, 2.45) is 5.73 Å². The number of hydrogen-bond acceptors (Lipinski definition) is 3. The lowest BCUT2D eigenvalue weighted by molar-refractivity contribution is -0.142. The van der Waals surface area contributed by atoms with Crippen LogP contribution in [-0.4, -0.2) is 40.6 Å². The average Bonchev–Trinajstić information content (AvgIpc) is 2.78. The van der Waals surface area contributed by atoms with Crippen LogP contribution in [0.1, 0.15) is 6.42 Å². The highest BCUT2D eigenvalue weighted by molar-refractivity contribution is 5.91. The Bertz CT molecular complexity index is 567. The summed E-state index contributed by atoms with van der Waals surface area (Å²) in [6.45, 7) is 0.0379. The first-order valence-electron chi connectivity index (χ1n) is 5.85. The zero-order valence-corrected chi connectivity index (χ0v) is 10.4. The number of likely N-dealkylation sites (tertiary alicyclic amines) is 1. The summed E-state index contributed by atoms with van der Waals surface area (Å²) in [6.07, 6.45) is 0.132. The Morgan fingerprint density at radius 2 is 2.05 bits per heavy atom. The van der Waals surface area contributed by atoms with E-state index < -0.39 is 29.2 Å². The summed E-state index contributed by atoms with van der Waals surface area (Å²) in [7, 11) is 0. The molecule has 0 saturated carbocycles. The van der Waals surface area contributed by atoms with Crippen molar-refractivity contribution in [2.75, 3.05) is 18.4 Å². The summed E-state index contributed by atoms with van der Waals surface area (Å²) in [6, 6.07) is 2.33. The molecule has 1 aliphatic rings. The Balaban J connectivity index is 2.03. The Kier molecular flexibility index (Phi) is 3.58. The number of carbonyl (C=O) groups excluding carboxylic acids is 1. The second-order valence-electron chi connectivity index (χ2n) is 4.69. The van der Waals surface area contributed by atoms with Gasteiger partial charge in [-0.1, -0.05) is 0 Å². The zero-order chi connectivity index (χ0) is 14.9. The molecular formula is C12H13F2N3O3. The third-order valence-corrected chi connectivity index (χ3v) is 3.18. The number of carboxylic acid groups (broad SMARTS) is 1. The average molecular weight is 285 g/mol. The van der Waals surface area contributed by atoms with Crippen molar-refractivity contribution in [3.63, 3.8) is 0 Å². The van der Waals surface area contributed by atoms with Crippen LogP contribution in [0.5, 0.6) is 0 Å². The molecule has 0 radical (unpaired) electrons. The molecule has 0 aromatic heterocycles. The minimum atomic E-state index is -1.47. The Morgan fingerprint density at radius 3 is 2.60 bits per heavy atom. The third kappa shape index (κ3) is 2.69. The lowest BCUT2D eigenvalue weighted by Gasteiger charge is -2.20. The van der Waals surface area contributed by atoms with Crippen LogP contribution < -0.4 is 11.1 Å². The quantitative estimate of drug-likeness (QED) is 0.755. The largest absolute Gasteiger partial charge is 0.480 e. The number of carbonyl (C=O) groups is 2. The van der Waals surface area contributed by atoms with Gasteiger partial charge < -0.3 is 21.1 Å². The molecule has 1 aromatic rings. The van der Waals surface area contributed by atoms with E-state index in [4.69, 9.17) is 10.8 Å². The predicted octanol–water partition coefficient (Wildman–Crippen LogP) is 0.984. The highest BCUT2D eigenvalue weighted by Crippen LogP contribution is 2.20. The molecule has 1 heterocycles. The molecule has 8 heteroatoms. The lowest BCUT2D eigenvalue weighted by Crippen LogP contribution is -2.51. The molecular weight excluding hydrogens is 272 g/mol. The van der Waals surface area contributed by atoms with Crippen LogP contribution in [-0.2, 0) is 4.79 Å². The molecule has 1 fully saturated rings. The van der Waals surface area contributed by atoms with Gasteiger partial charge in [-0.05, 0) is 18.6 Å². The smallest absolute Gasteiger partial charge is 0.325 e. The first-order valence-corrected chi connectivity index (χ1v) is 5.85. The minimum absolute atomic E-state index is 0.0822. The highest BCUT2D eigenvalue weighted by Gasteiger charge is 2.42. The molecule has 108 valence electrons. The molecule has 1 aromatic carbocycles. The van der Waals surface area contributed by atoms with Gasteiger partial charge in [0, 0.05) is 18.3 Å². The van der Waals surface area contributed by atoms with Gasteiger partial charge in [-0.3, -0.25) is 4.79 Å². The summed E-state index contributed by atoms with van der Waals surface area (Å²) in [4.78, 5) is 24.0. The van der Waals surface area contributed by atoms with Gasteiger partial charge in [0.05, 0.1) is 6.54 Å². The summed E-state index contributed by atoms with van der Waals surface area (Å²) in [5, 5.41) is 11.3. The van der Waals surface area contributed by atoms with Crippen LogP contribution in [0.2, 0.25) is 0 Å². The molecule has 0 spiro atoms. The van der Waals surface area contributed by atoms with E-state index in [0.717, 1.165) is 12.1 Å². The van der Waals surface area contributed by atoms with Crippen molar-refractivity contribution in [2.45, 2.75) is 12.0 Å². The normalized spacial score (nSPS) is 21.9. The number of anilines is 1. The topological polar surface area (TPSA) is 95.7 Å². The van der Waals surface area contributed by atoms with Gasteiger partial charge in [-0.25, -0.2) is 13.6 Å². The number of benzene rings is 1. The van der Waals surface area contributed by atoms with Gasteiger partial charge in [0.2, 0.25) is 0 Å². The summed E-state index contributed by atoms with van der Waals surface area (Å²) in [5.41, 5.74) is 4.25. The lowest BCUT2D eigenvalue weighted by atomic mass is 10.0. The summed E-state index contributed by atoms with van der Waals surface area (Å²) >= 11 is 0. The van der Waals surface area contributed by atoms with E-state index in [1.807, 2.05) is 0 Å². The number of amides is 2. The van der Waals surface area contributed by atoms with Gasteiger partial charge in [0.25, 0.3) is 0 Å². The third-order valence-electron chi connectivity index (χ3n) is 3.18. The van der Waals surface area contributed by atoms with Crippen LogP contribution >= 0.6 is 0 Å². The molecule has 1 atom stereocenters. The van der Waals surface area contributed by atoms with Crippen LogP contribution in [0.15, 0.2) is 18.2 Å². The van der Waals surface area contributed by atoms with E-state index in [1.54, 1.807) is 0 Å². The number of hydrogen-bond donors (Lipinski definition) is 3. The molecule has 2 rings (SSSR count). The molecule has 2 amide bonds. The molecule has 4 N–H and O–H groups in total. The van der Waals surface area contributed by atoms with Gasteiger partial charge in [0.15, 0.2) is 11.6 Å². The SMILES string of the molecule is NC1(C(=O)O)CCN(C(=O)Nc2ccc(F)c(F)c2)C1. The van der Waals surface area contributed by atoms with E-state index in [0.29, 0.717) is 0 Å². The fraction of sp³-hybridized carbons (Fsp3) is 0.333. The van der Waals surface area contributed by atoms with Crippen LogP contribution in [0.25, 0.3) is 0 Å². The van der Waals surface area contributed by atoms with E-state index >= 15 is 0 Å². The molecule has 1 saturated heterocycles. The second-order valence-corrected chi connectivity index (χ2v) is 4.69. The summed E-state index contributed by atoms with van der Waals surface area (Å²) in [5.74, 6) is -3.28. The van der Waals surface area contributed by atoms with Gasteiger partial charge in [-0.2, -0.15) is 0 Å². The summed E-state index contributed by atoms with van der Waals surface area (Å²) < 4.78 is 25.7. The number of rotatable bonds is 2. The monoisotopic (exact) mass is 285 g/mol. The van der Waals surface area contributed by atoms with Crippen molar-refractivity contribution in [3.8, 4) is 0 Å². The Hall–Kier alpha value is -2.22. The predicted molar refractivity (Wildman–Crippen MR) is 66.1 cm³/mol. The van der Waals surface area contributed by atoms with E-state index in [9.17, 15) is 18.4 Å². The van der Waals surface area contributed by atoms with Crippen LogP contribution in [0, 0.1) is 11.6 Å². The number of nitrogens with two attached hydrogens (primary N) is 1. The van der Waals surface area contributed by atoms with Crippen molar-refractivity contribution in [1.82, 2.24) is 4.90 Å². The number of aliphatic carboxylic acids is 1. The molecule has 0 aliphatic carbocycles. The van der Waals surface area contributed by atoms with Crippen molar-refractivity contribution in [3.05, 3.63) is 29.8 Å². The molecule has 0 bridgehead atoms. The van der Waals surface area contributed by atoms with Crippen molar-refractivity contribution in [1.29, 1.82) is 0 Å². The zero-order valence-electron chi connectivity index (χ0n) is 10.4. The van der Waals surface area contributed by atoms with Crippen molar-refractivity contribution < 1.29 is 23.5 Å². The number of urea groups is 1. The Morgan fingerprint density at radius 1 is 1.35 bits per heavy atom. The fourth-order valence-electron chi connectivity index (χ4n) is 1.96. The van der Waals surface area contributed by atoms with E-state index in [2.05, 4.69) is 5.32 Å². The fourth-order valence-corrected chi connectivity index (χ4v) is 1.96. The number of halogens is 2. The first-order chi connectivity index (χ1) is 9.32. The molecule has 6 nitrogen and oxygen atoms in total. The standard InChI is InChI=1S/C12H13F2N3O3/c13-8-2-1-7(5-9(8)14)16-11(20)17-4-3-12(15,6-17)10(18)19/h1-2,5H,3-4,6,15H2,(H,16,20)(H,18,19). The maximum absolute atomic E-state index is 13.0. The number of carboxylic acids is 1. The maximum atomic E-state index is 13.0. The van der Waals surface area contributed by atoms with Crippen LogP contribution in [0.3, 0.4) is 0 Å². The molecule has 1 unspecified atom stereocenters. The number of nitrogens with one attached hydrogen (secondary N) is 1. The van der Waals surface area contributed by atoms with Crippen LogP contribution in [0.4, 0.5) is 19.3 Å². The van der Waals surface area contributed by atoms with Gasteiger partial charge in [-0.15, -0.1) is 0 Å². The second kappa shape index (κ2) is 5.04. The van der Waals surface area contributed by atoms with Gasteiger partial charge in [0.1, 0.15) is 5.54 Å². The number of nitrogens with zero attached hydrogens (tertiary/aromatic N) is 1. The molecule has 20 heavy (non-hydrogen) atoms. The first kappa shape index (κ1) is 14.2. The van der Waals surface area contributed by atoms with E-state index in [1.165, 1.54) is 11.0 Å². The minimum Gasteiger partial charge on any atom is -0.480 e. The van der Waals surface area contributed by atoms with E-state index in [-0.39, 0.29) is 25.2 Å². The molecule has 1 aliphatic heterocycles. The Labute approximate surface area is 113 Å².